The highest BCUT2D eigenvalue weighted by molar-refractivity contribution is 5.76. The number of carbonyl (C=O) groups excluding carboxylic acids is 2. The first-order valence-corrected chi connectivity index (χ1v) is 8.64. The van der Waals surface area contributed by atoms with Crippen LogP contribution in [0.25, 0.3) is 0 Å². The lowest BCUT2D eigenvalue weighted by atomic mass is 10.0. The third-order valence-electron chi connectivity index (χ3n) is 4.13. The van der Waals surface area contributed by atoms with Crippen molar-refractivity contribution >= 4 is 12.0 Å². The maximum absolute atomic E-state index is 12.2. The maximum atomic E-state index is 12.2. The van der Waals surface area contributed by atoms with Crippen LogP contribution in [0.3, 0.4) is 0 Å². The number of hydrogen-bond acceptors (Lipinski definition) is 3. The van der Waals surface area contributed by atoms with E-state index in [2.05, 4.69) is 5.32 Å². The van der Waals surface area contributed by atoms with Gasteiger partial charge in [-0.05, 0) is 52.7 Å². The molecule has 1 fully saturated rings. The van der Waals surface area contributed by atoms with Gasteiger partial charge in [-0.25, -0.2) is 4.79 Å². The van der Waals surface area contributed by atoms with Gasteiger partial charge in [0.15, 0.2) is 0 Å². The molecule has 0 radical (unpaired) electrons. The van der Waals surface area contributed by atoms with Gasteiger partial charge in [0.2, 0.25) is 5.91 Å². The lowest BCUT2D eigenvalue weighted by Gasteiger charge is -2.33. The Morgan fingerprint density at radius 3 is 2.33 bits per heavy atom. The molecule has 6 nitrogen and oxygen atoms in total. The Hall–Kier alpha value is -1.98. The lowest BCUT2D eigenvalue weighted by Crippen LogP contribution is -2.48. The molecule has 0 aromatic carbocycles. The number of carbonyl (C=O) groups is 2. The van der Waals surface area contributed by atoms with E-state index in [9.17, 15) is 9.59 Å². The van der Waals surface area contributed by atoms with Crippen molar-refractivity contribution in [3.63, 3.8) is 0 Å². The molecule has 134 valence electrons. The minimum absolute atomic E-state index is 0.0620. The Morgan fingerprint density at radius 1 is 1.21 bits per heavy atom. The highest BCUT2D eigenvalue weighted by Gasteiger charge is 2.27. The van der Waals surface area contributed by atoms with Crippen LogP contribution in [0, 0.1) is 0 Å². The van der Waals surface area contributed by atoms with E-state index in [-0.39, 0.29) is 24.1 Å². The van der Waals surface area contributed by atoms with Gasteiger partial charge in [0.25, 0.3) is 0 Å². The predicted octanol–water partition coefficient (Wildman–Crippen LogP) is 2.95. The zero-order valence-electron chi connectivity index (χ0n) is 15.1. The number of amides is 2. The molecule has 2 rings (SSSR count). The highest BCUT2D eigenvalue weighted by Crippen LogP contribution is 2.16. The molecule has 2 heterocycles. The summed E-state index contributed by atoms with van der Waals surface area (Å²) in [4.78, 5) is 25.9. The van der Waals surface area contributed by atoms with E-state index in [0.717, 1.165) is 12.8 Å². The zero-order valence-corrected chi connectivity index (χ0v) is 15.1. The molecule has 1 aromatic rings. The summed E-state index contributed by atoms with van der Waals surface area (Å²) in [5.41, 5.74) is -0.475. The molecule has 1 aliphatic rings. The lowest BCUT2D eigenvalue weighted by molar-refractivity contribution is -0.122. The fraction of sp³-hybridized carbons (Fsp3) is 0.667. The van der Waals surface area contributed by atoms with Gasteiger partial charge in [0, 0.05) is 44.0 Å². The summed E-state index contributed by atoms with van der Waals surface area (Å²) < 4.78 is 7.42. The van der Waals surface area contributed by atoms with Gasteiger partial charge in [-0.15, -0.1) is 0 Å². The predicted molar refractivity (Wildman–Crippen MR) is 92.7 cm³/mol. The van der Waals surface area contributed by atoms with Crippen molar-refractivity contribution < 1.29 is 14.3 Å². The molecule has 1 aliphatic heterocycles. The summed E-state index contributed by atoms with van der Waals surface area (Å²) in [5.74, 6) is 0.0620. The van der Waals surface area contributed by atoms with Gasteiger partial charge in [0.05, 0.1) is 0 Å². The summed E-state index contributed by atoms with van der Waals surface area (Å²) in [6, 6.07) is 4.19. The molecule has 0 bridgehead atoms. The molecule has 1 N–H and O–H groups in total. The van der Waals surface area contributed by atoms with Crippen molar-refractivity contribution in [2.45, 2.75) is 64.6 Å². The Balaban J connectivity index is 1.72. The standard InChI is InChI=1S/C18H29N3O3/c1-14(20-9-5-6-10-20)13-16(22)19-15-7-11-21(12-8-15)17(23)24-18(2,3)4/h5-6,9-10,14-15H,7-8,11-13H2,1-4H3,(H,19,22)/t14-/m0/s1. The van der Waals surface area contributed by atoms with Crippen molar-refractivity contribution in [2.24, 2.45) is 0 Å². The molecule has 0 saturated carbocycles. The van der Waals surface area contributed by atoms with Crippen LogP contribution in [0.2, 0.25) is 0 Å². The fourth-order valence-corrected chi connectivity index (χ4v) is 2.83. The monoisotopic (exact) mass is 335 g/mol. The number of hydrogen-bond donors (Lipinski definition) is 1. The summed E-state index contributed by atoms with van der Waals surface area (Å²) in [6.07, 6.45) is 5.66. The van der Waals surface area contributed by atoms with E-state index in [0.29, 0.717) is 19.5 Å². The molecule has 1 atom stereocenters. The molecule has 0 aliphatic carbocycles. The number of piperidine rings is 1. The van der Waals surface area contributed by atoms with E-state index < -0.39 is 5.60 Å². The van der Waals surface area contributed by atoms with Crippen LogP contribution >= 0.6 is 0 Å². The summed E-state index contributed by atoms with van der Waals surface area (Å²) in [7, 11) is 0. The Bertz CT molecular complexity index is 540. The quantitative estimate of drug-likeness (QED) is 0.920. The second-order valence-corrected chi connectivity index (χ2v) is 7.49. The first-order chi connectivity index (χ1) is 11.2. The highest BCUT2D eigenvalue weighted by atomic mass is 16.6. The summed E-state index contributed by atoms with van der Waals surface area (Å²) >= 11 is 0. The van der Waals surface area contributed by atoms with Gasteiger partial charge in [-0.1, -0.05) is 0 Å². The molecule has 1 aromatic heterocycles. The van der Waals surface area contributed by atoms with Crippen LogP contribution < -0.4 is 5.32 Å². The molecule has 24 heavy (non-hydrogen) atoms. The van der Waals surface area contributed by atoms with Crippen LogP contribution in [-0.4, -0.2) is 46.2 Å². The first kappa shape index (κ1) is 18.4. The normalized spacial score (nSPS) is 17.4. The average Bonchev–Trinajstić information content (AvgIpc) is 3.00. The van der Waals surface area contributed by atoms with Crippen molar-refractivity contribution in [3.8, 4) is 0 Å². The number of nitrogens with one attached hydrogen (secondary N) is 1. The Labute approximate surface area is 144 Å². The number of rotatable bonds is 4. The zero-order chi connectivity index (χ0) is 17.7. The molecule has 0 spiro atoms. The van der Waals surface area contributed by atoms with Crippen LogP contribution in [0.15, 0.2) is 24.5 Å². The van der Waals surface area contributed by atoms with Gasteiger partial charge in [-0.2, -0.15) is 0 Å². The SMILES string of the molecule is C[C@@H](CC(=O)NC1CCN(C(=O)OC(C)(C)C)CC1)n1cccc1. The van der Waals surface area contributed by atoms with E-state index >= 15 is 0 Å². The first-order valence-electron chi connectivity index (χ1n) is 8.64. The van der Waals surface area contributed by atoms with Crippen LogP contribution in [0.4, 0.5) is 4.79 Å². The molecule has 1 saturated heterocycles. The van der Waals surface area contributed by atoms with Crippen molar-refractivity contribution in [2.75, 3.05) is 13.1 Å². The number of aromatic nitrogens is 1. The maximum Gasteiger partial charge on any atom is 0.410 e. The van der Waals surface area contributed by atoms with Crippen molar-refractivity contribution in [1.29, 1.82) is 0 Å². The molecule has 0 unspecified atom stereocenters. The van der Waals surface area contributed by atoms with Gasteiger partial charge < -0.3 is 19.5 Å². The molecule has 6 heteroatoms. The largest absolute Gasteiger partial charge is 0.444 e. The van der Waals surface area contributed by atoms with Gasteiger partial charge in [-0.3, -0.25) is 4.79 Å². The van der Waals surface area contributed by atoms with Crippen LogP contribution in [-0.2, 0) is 9.53 Å². The fourth-order valence-electron chi connectivity index (χ4n) is 2.83. The summed E-state index contributed by atoms with van der Waals surface area (Å²) in [6.45, 7) is 8.86. The summed E-state index contributed by atoms with van der Waals surface area (Å²) in [5, 5.41) is 3.09. The van der Waals surface area contributed by atoms with Crippen molar-refractivity contribution in [1.82, 2.24) is 14.8 Å². The third-order valence-corrected chi connectivity index (χ3v) is 4.13. The minimum atomic E-state index is -0.475. The number of likely N-dealkylation sites (tertiary alicyclic amines) is 1. The van der Waals surface area contributed by atoms with Crippen molar-refractivity contribution in [3.05, 3.63) is 24.5 Å². The second kappa shape index (κ2) is 7.73. The van der Waals surface area contributed by atoms with E-state index in [1.807, 2.05) is 56.8 Å². The van der Waals surface area contributed by atoms with Crippen LogP contribution in [0.5, 0.6) is 0 Å². The average molecular weight is 335 g/mol. The Morgan fingerprint density at radius 2 is 1.79 bits per heavy atom. The third kappa shape index (κ3) is 5.58. The smallest absolute Gasteiger partial charge is 0.410 e. The molecule has 2 amide bonds. The molecular formula is C18H29N3O3. The van der Waals surface area contributed by atoms with E-state index in [1.165, 1.54) is 0 Å². The second-order valence-electron chi connectivity index (χ2n) is 7.49. The number of nitrogens with zero attached hydrogens (tertiary/aromatic N) is 2. The van der Waals surface area contributed by atoms with E-state index in [1.54, 1.807) is 4.90 Å². The van der Waals surface area contributed by atoms with Gasteiger partial charge >= 0.3 is 6.09 Å². The topological polar surface area (TPSA) is 63.6 Å². The number of ether oxygens (including phenoxy) is 1. The minimum Gasteiger partial charge on any atom is -0.444 e. The molecular weight excluding hydrogens is 306 g/mol. The van der Waals surface area contributed by atoms with Crippen LogP contribution in [0.1, 0.15) is 53.0 Å². The van der Waals surface area contributed by atoms with E-state index in [4.69, 9.17) is 4.74 Å². The Kier molecular flexibility index (Phi) is 5.91. The van der Waals surface area contributed by atoms with Gasteiger partial charge in [0.1, 0.15) is 5.60 Å².